The zero-order chi connectivity index (χ0) is 17.4. The first-order valence-corrected chi connectivity index (χ1v) is 7.55. The summed E-state index contributed by atoms with van der Waals surface area (Å²) < 4.78 is 15.8. The standard InChI is InChI=1S/C19H17FN2O2/c1-11-8-9-14(10-12(11)2)22-18(15-6-4-5-7-16(15)20)17(19(23)24)13(3)21-22/h4-10H,1-3H3,(H,23,24). The Hall–Kier alpha value is -2.95. The highest BCUT2D eigenvalue weighted by Crippen LogP contribution is 2.31. The first-order valence-electron chi connectivity index (χ1n) is 7.55. The van der Waals surface area contributed by atoms with Crippen molar-refractivity contribution in [3.63, 3.8) is 0 Å². The number of rotatable bonds is 3. The van der Waals surface area contributed by atoms with Crippen LogP contribution < -0.4 is 0 Å². The number of hydrogen-bond donors (Lipinski definition) is 1. The van der Waals surface area contributed by atoms with Crippen LogP contribution in [0.3, 0.4) is 0 Å². The van der Waals surface area contributed by atoms with E-state index in [1.165, 1.54) is 10.7 Å². The molecule has 0 atom stereocenters. The van der Waals surface area contributed by atoms with Gasteiger partial charge in [0, 0.05) is 5.56 Å². The number of nitrogens with zero attached hydrogens (tertiary/aromatic N) is 2. The van der Waals surface area contributed by atoms with Gasteiger partial charge in [-0.15, -0.1) is 0 Å². The first kappa shape index (κ1) is 15.9. The smallest absolute Gasteiger partial charge is 0.339 e. The molecule has 0 radical (unpaired) electrons. The molecule has 0 amide bonds. The largest absolute Gasteiger partial charge is 0.478 e. The lowest BCUT2D eigenvalue weighted by molar-refractivity contribution is 0.0697. The molecule has 1 N–H and O–H groups in total. The van der Waals surface area contributed by atoms with Crippen LogP contribution in [0.1, 0.15) is 27.2 Å². The van der Waals surface area contributed by atoms with E-state index >= 15 is 0 Å². The molecule has 4 nitrogen and oxygen atoms in total. The second-order valence-corrected chi connectivity index (χ2v) is 5.77. The zero-order valence-electron chi connectivity index (χ0n) is 13.7. The molecule has 0 aliphatic rings. The van der Waals surface area contributed by atoms with E-state index in [0.717, 1.165) is 11.1 Å². The van der Waals surface area contributed by atoms with Gasteiger partial charge in [0.25, 0.3) is 0 Å². The second-order valence-electron chi connectivity index (χ2n) is 5.77. The molecule has 0 fully saturated rings. The number of aryl methyl sites for hydroxylation is 3. The van der Waals surface area contributed by atoms with Crippen LogP contribution in [0.15, 0.2) is 42.5 Å². The normalized spacial score (nSPS) is 10.8. The highest BCUT2D eigenvalue weighted by atomic mass is 19.1. The van der Waals surface area contributed by atoms with Gasteiger partial charge in [0.15, 0.2) is 0 Å². The summed E-state index contributed by atoms with van der Waals surface area (Å²) in [5, 5.41) is 13.9. The molecule has 2 aromatic carbocycles. The van der Waals surface area contributed by atoms with Gasteiger partial charge in [0.1, 0.15) is 11.4 Å². The topological polar surface area (TPSA) is 55.1 Å². The van der Waals surface area contributed by atoms with Crippen molar-refractivity contribution in [2.45, 2.75) is 20.8 Å². The fourth-order valence-corrected chi connectivity index (χ4v) is 2.73. The van der Waals surface area contributed by atoms with Crippen molar-refractivity contribution in [2.75, 3.05) is 0 Å². The molecule has 3 aromatic rings. The van der Waals surface area contributed by atoms with Gasteiger partial charge < -0.3 is 5.11 Å². The Labute approximate surface area is 139 Å². The van der Waals surface area contributed by atoms with Crippen LogP contribution in [-0.2, 0) is 0 Å². The van der Waals surface area contributed by atoms with Crippen molar-refractivity contribution >= 4 is 5.97 Å². The van der Waals surface area contributed by atoms with Crippen molar-refractivity contribution in [1.82, 2.24) is 9.78 Å². The van der Waals surface area contributed by atoms with E-state index in [9.17, 15) is 14.3 Å². The molecular formula is C19H17FN2O2. The van der Waals surface area contributed by atoms with Gasteiger partial charge in [-0.3, -0.25) is 0 Å². The van der Waals surface area contributed by atoms with Gasteiger partial charge in [-0.05, 0) is 56.2 Å². The third kappa shape index (κ3) is 2.58. The molecule has 0 bridgehead atoms. The maximum atomic E-state index is 14.3. The lowest BCUT2D eigenvalue weighted by Crippen LogP contribution is -2.04. The summed E-state index contributed by atoms with van der Waals surface area (Å²) in [7, 11) is 0. The molecular weight excluding hydrogens is 307 g/mol. The number of carbonyl (C=O) groups is 1. The van der Waals surface area contributed by atoms with Gasteiger partial charge in [-0.2, -0.15) is 5.10 Å². The van der Waals surface area contributed by atoms with Gasteiger partial charge >= 0.3 is 5.97 Å². The number of carboxylic acids is 1. The molecule has 0 unspecified atom stereocenters. The number of benzene rings is 2. The number of carboxylic acid groups (broad SMARTS) is 1. The van der Waals surface area contributed by atoms with Crippen molar-refractivity contribution in [3.05, 3.63) is 70.7 Å². The molecule has 0 saturated carbocycles. The second kappa shape index (κ2) is 5.92. The molecule has 122 valence electrons. The molecule has 3 rings (SSSR count). The minimum atomic E-state index is -1.12. The fourth-order valence-electron chi connectivity index (χ4n) is 2.73. The molecule has 0 saturated heterocycles. The van der Waals surface area contributed by atoms with Crippen LogP contribution in [0.4, 0.5) is 4.39 Å². The van der Waals surface area contributed by atoms with E-state index in [4.69, 9.17) is 0 Å². The third-order valence-corrected chi connectivity index (χ3v) is 4.14. The van der Waals surface area contributed by atoms with Crippen molar-refractivity contribution in [3.8, 4) is 16.9 Å². The lowest BCUT2D eigenvalue weighted by Gasteiger charge is -2.11. The molecule has 5 heteroatoms. The van der Waals surface area contributed by atoms with Gasteiger partial charge in [0.2, 0.25) is 0 Å². The third-order valence-electron chi connectivity index (χ3n) is 4.14. The minimum absolute atomic E-state index is 0.0123. The first-order chi connectivity index (χ1) is 11.4. The predicted octanol–water partition coefficient (Wildman–Crippen LogP) is 4.30. The van der Waals surface area contributed by atoms with E-state index in [2.05, 4.69) is 5.10 Å². The maximum Gasteiger partial charge on any atom is 0.339 e. The molecule has 0 spiro atoms. The Morgan fingerprint density at radius 1 is 1.08 bits per heavy atom. The fraction of sp³-hybridized carbons (Fsp3) is 0.158. The molecule has 0 aliphatic heterocycles. The number of aromatic nitrogens is 2. The van der Waals surface area contributed by atoms with Gasteiger partial charge in [-0.1, -0.05) is 18.2 Å². The number of aromatic carboxylic acids is 1. The highest BCUT2D eigenvalue weighted by molar-refractivity contribution is 5.96. The average molecular weight is 324 g/mol. The Bertz CT molecular complexity index is 945. The summed E-state index contributed by atoms with van der Waals surface area (Å²) in [6.45, 7) is 5.58. The molecule has 0 aliphatic carbocycles. The van der Waals surface area contributed by atoms with E-state index in [1.54, 1.807) is 25.1 Å². The van der Waals surface area contributed by atoms with E-state index in [0.29, 0.717) is 11.4 Å². The van der Waals surface area contributed by atoms with Crippen LogP contribution in [0.5, 0.6) is 0 Å². The molecule has 24 heavy (non-hydrogen) atoms. The monoisotopic (exact) mass is 324 g/mol. The predicted molar refractivity (Wildman–Crippen MR) is 90.1 cm³/mol. The minimum Gasteiger partial charge on any atom is -0.478 e. The van der Waals surface area contributed by atoms with Crippen LogP contribution in [0.25, 0.3) is 16.9 Å². The van der Waals surface area contributed by atoms with Crippen molar-refractivity contribution < 1.29 is 14.3 Å². The summed E-state index contributed by atoms with van der Waals surface area (Å²) in [5.74, 6) is -1.61. The summed E-state index contributed by atoms with van der Waals surface area (Å²) in [6.07, 6.45) is 0. The highest BCUT2D eigenvalue weighted by Gasteiger charge is 2.25. The van der Waals surface area contributed by atoms with Crippen molar-refractivity contribution in [2.24, 2.45) is 0 Å². The zero-order valence-corrected chi connectivity index (χ0v) is 13.7. The Morgan fingerprint density at radius 3 is 2.42 bits per heavy atom. The molecule has 1 aromatic heterocycles. The van der Waals surface area contributed by atoms with Crippen LogP contribution in [0, 0.1) is 26.6 Å². The summed E-state index contributed by atoms with van der Waals surface area (Å²) in [5.41, 5.74) is 3.70. The van der Waals surface area contributed by atoms with Crippen LogP contribution >= 0.6 is 0 Å². The Kier molecular flexibility index (Phi) is 3.93. The van der Waals surface area contributed by atoms with Crippen LogP contribution in [-0.4, -0.2) is 20.9 Å². The van der Waals surface area contributed by atoms with E-state index in [1.807, 2.05) is 32.0 Å². The number of halogens is 1. The Morgan fingerprint density at radius 2 is 1.79 bits per heavy atom. The summed E-state index contributed by atoms with van der Waals surface area (Å²) in [6, 6.07) is 11.8. The van der Waals surface area contributed by atoms with Gasteiger partial charge in [-0.25, -0.2) is 13.9 Å². The maximum absolute atomic E-state index is 14.3. The quantitative estimate of drug-likeness (QED) is 0.781. The summed E-state index contributed by atoms with van der Waals surface area (Å²) in [4.78, 5) is 11.7. The van der Waals surface area contributed by atoms with Crippen molar-refractivity contribution in [1.29, 1.82) is 0 Å². The SMILES string of the molecule is Cc1ccc(-n2nc(C)c(C(=O)O)c2-c2ccccc2F)cc1C. The molecule has 1 heterocycles. The Balaban J connectivity index is 2.35. The van der Waals surface area contributed by atoms with Crippen LogP contribution in [0.2, 0.25) is 0 Å². The lowest BCUT2D eigenvalue weighted by atomic mass is 10.0. The average Bonchev–Trinajstić information content (AvgIpc) is 2.88. The summed E-state index contributed by atoms with van der Waals surface area (Å²) >= 11 is 0. The van der Waals surface area contributed by atoms with E-state index in [-0.39, 0.29) is 16.8 Å². The number of hydrogen-bond acceptors (Lipinski definition) is 2. The van der Waals surface area contributed by atoms with Gasteiger partial charge in [0.05, 0.1) is 17.1 Å². The van der Waals surface area contributed by atoms with E-state index < -0.39 is 11.8 Å².